The Morgan fingerprint density at radius 3 is 2.75 bits per heavy atom. The molecule has 1 amide bonds. The number of nitrogens with one attached hydrogen (secondary N) is 1. The summed E-state index contributed by atoms with van der Waals surface area (Å²) in [5, 5.41) is 3.76. The topological polar surface area (TPSA) is 29.1 Å². The molecular weight excluding hydrogens is 360 g/mol. The third-order valence-corrected chi connectivity index (χ3v) is 3.35. The molecule has 1 N–H and O–H groups in total. The van der Waals surface area contributed by atoms with Gasteiger partial charge in [-0.2, -0.15) is 0 Å². The molecule has 16 heavy (non-hydrogen) atoms. The minimum atomic E-state index is -0.166. The zero-order valence-corrected chi connectivity index (χ0v) is 12.3. The van der Waals surface area contributed by atoms with Gasteiger partial charge in [0, 0.05) is 11.6 Å². The first-order chi connectivity index (χ1) is 7.65. The molecular formula is C11H12Cl2INO. The molecule has 0 spiro atoms. The lowest BCUT2D eigenvalue weighted by molar-refractivity contribution is 0.0953. The van der Waals surface area contributed by atoms with Gasteiger partial charge in [-0.05, 0) is 35.5 Å². The zero-order chi connectivity index (χ0) is 12.0. The fourth-order valence-electron chi connectivity index (χ4n) is 1.19. The van der Waals surface area contributed by atoms with Crippen LogP contribution in [0.25, 0.3) is 0 Å². The number of benzene rings is 1. The Morgan fingerprint density at radius 2 is 2.06 bits per heavy atom. The highest BCUT2D eigenvalue weighted by atomic mass is 127. The summed E-state index contributed by atoms with van der Waals surface area (Å²) < 4.78 is 1.10. The molecule has 0 saturated heterocycles. The van der Waals surface area contributed by atoms with Gasteiger partial charge in [-0.15, -0.1) is 0 Å². The molecule has 0 radical (unpaired) electrons. The van der Waals surface area contributed by atoms with Gasteiger partial charge in [0.1, 0.15) is 0 Å². The molecule has 0 bridgehead atoms. The Hall–Kier alpha value is -0.000000000000000111. The van der Waals surface area contributed by atoms with Crippen LogP contribution in [0.4, 0.5) is 0 Å². The Kier molecular flexibility index (Phi) is 6.46. The van der Waals surface area contributed by atoms with Gasteiger partial charge in [-0.1, -0.05) is 45.8 Å². The standard InChI is InChI=1S/C11H12Cl2INO/c12-8-3-4-10(13)9(7-8)11(16)15-6-2-1-5-14/h3-4,7H,1-2,5-6H2,(H,15,16). The van der Waals surface area contributed by atoms with Crippen LogP contribution >= 0.6 is 45.8 Å². The van der Waals surface area contributed by atoms with E-state index in [9.17, 15) is 4.79 Å². The highest BCUT2D eigenvalue weighted by molar-refractivity contribution is 14.1. The number of carbonyl (C=O) groups excluding carboxylic acids is 1. The Morgan fingerprint density at radius 1 is 1.31 bits per heavy atom. The van der Waals surface area contributed by atoms with Crippen molar-refractivity contribution >= 4 is 51.7 Å². The Bertz CT molecular complexity index is 371. The predicted octanol–water partition coefficient (Wildman–Crippen LogP) is 3.94. The molecule has 0 saturated carbocycles. The SMILES string of the molecule is O=C(NCCCCI)c1cc(Cl)ccc1Cl. The predicted molar refractivity (Wildman–Crippen MR) is 76.9 cm³/mol. The van der Waals surface area contributed by atoms with Gasteiger partial charge in [-0.25, -0.2) is 0 Å². The van der Waals surface area contributed by atoms with Crippen molar-refractivity contribution in [1.82, 2.24) is 5.32 Å². The van der Waals surface area contributed by atoms with Crippen molar-refractivity contribution in [3.05, 3.63) is 33.8 Å². The minimum Gasteiger partial charge on any atom is -0.352 e. The molecule has 88 valence electrons. The highest BCUT2D eigenvalue weighted by Crippen LogP contribution is 2.20. The first-order valence-electron chi connectivity index (χ1n) is 4.94. The van der Waals surface area contributed by atoms with E-state index in [0.717, 1.165) is 17.3 Å². The van der Waals surface area contributed by atoms with Crippen molar-refractivity contribution < 1.29 is 4.79 Å². The summed E-state index contributed by atoms with van der Waals surface area (Å²) in [6.07, 6.45) is 2.08. The lowest BCUT2D eigenvalue weighted by atomic mass is 10.2. The third-order valence-electron chi connectivity index (χ3n) is 2.02. The lowest BCUT2D eigenvalue weighted by Gasteiger charge is -2.06. The average molecular weight is 372 g/mol. The number of rotatable bonds is 5. The van der Waals surface area contributed by atoms with Crippen molar-refractivity contribution in [3.8, 4) is 0 Å². The summed E-state index contributed by atoms with van der Waals surface area (Å²) in [7, 11) is 0. The van der Waals surface area contributed by atoms with E-state index in [1.807, 2.05) is 0 Å². The van der Waals surface area contributed by atoms with Crippen LogP contribution in [0, 0.1) is 0 Å². The molecule has 0 unspecified atom stereocenters. The average Bonchev–Trinajstić information content (AvgIpc) is 2.27. The highest BCUT2D eigenvalue weighted by Gasteiger charge is 2.09. The van der Waals surface area contributed by atoms with Crippen LogP contribution in [0.5, 0.6) is 0 Å². The van der Waals surface area contributed by atoms with Gasteiger partial charge < -0.3 is 5.32 Å². The fraction of sp³-hybridized carbons (Fsp3) is 0.364. The summed E-state index contributed by atoms with van der Waals surface area (Å²) in [4.78, 5) is 11.7. The van der Waals surface area contributed by atoms with Crippen LogP contribution in [0.3, 0.4) is 0 Å². The van der Waals surface area contributed by atoms with E-state index < -0.39 is 0 Å². The summed E-state index contributed by atoms with van der Waals surface area (Å²) in [6.45, 7) is 0.671. The van der Waals surface area contributed by atoms with E-state index in [0.29, 0.717) is 22.2 Å². The van der Waals surface area contributed by atoms with Gasteiger partial charge >= 0.3 is 0 Å². The Labute approximate surface area is 119 Å². The van der Waals surface area contributed by atoms with Crippen LogP contribution in [-0.4, -0.2) is 16.9 Å². The number of unbranched alkanes of at least 4 members (excludes halogenated alkanes) is 1. The Balaban J connectivity index is 2.55. The number of carbonyl (C=O) groups is 1. The smallest absolute Gasteiger partial charge is 0.252 e. The van der Waals surface area contributed by atoms with Crippen LogP contribution < -0.4 is 5.32 Å². The van der Waals surface area contributed by atoms with Crippen LogP contribution in [-0.2, 0) is 0 Å². The molecule has 5 heteroatoms. The number of hydrogen-bond acceptors (Lipinski definition) is 1. The second-order valence-corrected chi connectivity index (χ2v) is 5.20. The normalized spacial score (nSPS) is 10.2. The molecule has 1 aromatic rings. The van der Waals surface area contributed by atoms with Crippen LogP contribution in [0.15, 0.2) is 18.2 Å². The largest absolute Gasteiger partial charge is 0.352 e. The molecule has 0 aliphatic rings. The maximum absolute atomic E-state index is 11.7. The lowest BCUT2D eigenvalue weighted by Crippen LogP contribution is -2.24. The van der Waals surface area contributed by atoms with Crippen molar-refractivity contribution in [1.29, 1.82) is 0 Å². The maximum Gasteiger partial charge on any atom is 0.252 e. The monoisotopic (exact) mass is 371 g/mol. The van der Waals surface area contributed by atoms with Gasteiger partial charge in [0.15, 0.2) is 0 Å². The van der Waals surface area contributed by atoms with E-state index in [4.69, 9.17) is 23.2 Å². The fourth-order valence-corrected chi connectivity index (χ4v) is 2.10. The van der Waals surface area contributed by atoms with Crippen LogP contribution in [0.2, 0.25) is 10.0 Å². The van der Waals surface area contributed by atoms with E-state index in [1.54, 1.807) is 18.2 Å². The number of amides is 1. The van der Waals surface area contributed by atoms with Gasteiger partial charge in [-0.3, -0.25) is 4.79 Å². The molecule has 0 aromatic heterocycles. The van der Waals surface area contributed by atoms with E-state index in [2.05, 4.69) is 27.9 Å². The van der Waals surface area contributed by atoms with Crippen molar-refractivity contribution in [2.75, 3.05) is 11.0 Å². The second kappa shape index (κ2) is 7.35. The van der Waals surface area contributed by atoms with Gasteiger partial charge in [0.25, 0.3) is 5.91 Å². The quantitative estimate of drug-likeness (QED) is 0.474. The van der Waals surface area contributed by atoms with Gasteiger partial charge in [0.2, 0.25) is 0 Å². The zero-order valence-electron chi connectivity index (χ0n) is 8.60. The van der Waals surface area contributed by atoms with Gasteiger partial charge in [0.05, 0.1) is 10.6 Å². The molecule has 0 heterocycles. The number of alkyl halides is 1. The summed E-state index contributed by atoms with van der Waals surface area (Å²) in [5.41, 5.74) is 0.434. The second-order valence-electron chi connectivity index (χ2n) is 3.28. The number of halogens is 3. The number of hydrogen-bond donors (Lipinski definition) is 1. The van der Waals surface area contributed by atoms with E-state index >= 15 is 0 Å². The molecule has 0 atom stereocenters. The molecule has 0 fully saturated rings. The molecule has 1 rings (SSSR count). The molecule has 1 aromatic carbocycles. The van der Waals surface area contributed by atoms with Crippen LogP contribution in [0.1, 0.15) is 23.2 Å². The van der Waals surface area contributed by atoms with Crippen molar-refractivity contribution in [2.45, 2.75) is 12.8 Å². The summed E-state index contributed by atoms with van der Waals surface area (Å²) >= 11 is 14.0. The molecule has 2 nitrogen and oxygen atoms in total. The summed E-state index contributed by atoms with van der Waals surface area (Å²) in [5.74, 6) is -0.166. The molecule has 0 aliphatic heterocycles. The first kappa shape index (κ1) is 14.1. The third kappa shape index (κ3) is 4.47. The maximum atomic E-state index is 11.7. The van der Waals surface area contributed by atoms with E-state index in [-0.39, 0.29) is 5.91 Å². The molecule has 0 aliphatic carbocycles. The summed E-state index contributed by atoms with van der Waals surface area (Å²) in [6, 6.07) is 4.87. The van der Waals surface area contributed by atoms with Crippen molar-refractivity contribution in [3.63, 3.8) is 0 Å². The van der Waals surface area contributed by atoms with E-state index in [1.165, 1.54) is 0 Å². The first-order valence-corrected chi connectivity index (χ1v) is 7.22. The minimum absolute atomic E-state index is 0.166. The van der Waals surface area contributed by atoms with Crippen molar-refractivity contribution in [2.24, 2.45) is 0 Å².